The Morgan fingerprint density at radius 3 is 2.30 bits per heavy atom. The van der Waals surface area contributed by atoms with Gasteiger partial charge in [-0.15, -0.1) is 0 Å². The lowest BCUT2D eigenvalue weighted by molar-refractivity contribution is -0.270. The second-order valence-corrected chi connectivity index (χ2v) is 7.56. The van der Waals surface area contributed by atoms with Crippen LogP contribution in [-0.2, 0) is 4.79 Å². The largest absolute Gasteiger partial charge is 0.417 e. The summed E-state index contributed by atoms with van der Waals surface area (Å²) in [6, 6.07) is -0.252. The minimum atomic E-state index is -4.59. The topological polar surface area (TPSA) is 61.4 Å². The molecule has 2 saturated carbocycles. The highest BCUT2D eigenvalue weighted by molar-refractivity contribution is 5.79. The fraction of sp³-hybridized carbons (Fsp3) is 0.938. The number of carbonyl (C=O) groups excluding carboxylic acids is 1. The molecule has 4 nitrogen and oxygen atoms in total. The number of halogens is 3. The summed E-state index contributed by atoms with van der Waals surface area (Å²) in [6.45, 7) is 0.830. The van der Waals surface area contributed by atoms with Crippen molar-refractivity contribution < 1.29 is 23.1 Å². The van der Waals surface area contributed by atoms with Gasteiger partial charge < -0.3 is 15.7 Å². The van der Waals surface area contributed by atoms with Crippen molar-refractivity contribution in [2.24, 2.45) is 5.92 Å². The first-order chi connectivity index (χ1) is 10.7. The molecule has 3 N–H and O–H groups in total. The first-order valence-corrected chi connectivity index (χ1v) is 8.58. The maximum absolute atomic E-state index is 12.8. The average molecular weight is 334 g/mol. The van der Waals surface area contributed by atoms with Gasteiger partial charge in [-0.25, -0.2) is 0 Å². The van der Waals surface area contributed by atoms with Crippen LogP contribution >= 0.6 is 0 Å². The van der Waals surface area contributed by atoms with Gasteiger partial charge in [0.15, 0.2) is 5.60 Å². The zero-order chi connectivity index (χ0) is 16.7. The Hall–Kier alpha value is -0.820. The van der Waals surface area contributed by atoms with E-state index in [-0.39, 0.29) is 49.1 Å². The smallest absolute Gasteiger partial charge is 0.380 e. The Balaban J connectivity index is 1.50. The third-order valence-electron chi connectivity index (χ3n) is 6.00. The molecule has 1 saturated heterocycles. The SMILES string of the molecule is O=C(NC1CCC(O)(C(F)(F)F)CC1)C1CCNC2(CCC2)C1. The van der Waals surface area contributed by atoms with E-state index < -0.39 is 11.8 Å². The lowest BCUT2D eigenvalue weighted by Gasteiger charge is -2.48. The first kappa shape index (κ1) is 17.0. The molecule has 1 atom stereocenters. The molecule has 3 fully saturated rings. The molecule has 0 aromatic heterocycles. The summed E-state index contributed by atoms with van der Waals surface area (Å²) in [5.74, 6) is -0.0693. The van der Waals surface area contributed by atoms with Crippen LogP contribution in [0.25, 0.3) is 0 Å². The highest BCUT2D eigenvalue weighted by Gasteiger charge is 2.54. The van der Waals surface area contributed by atoms with Crippen molar-refractivity contribution in [2.45, 2.75) is 81.1 Å². The van der Waals surface area contributed by atoms with Crippen molar-refractivity contribution >= 4 is 5.91 Å². The summed E-state index contributed by atoms with van der Waals surface area (Å²) < 4.78 is 38.4. The summed E-state index contributed by atoms with van der Waals surface area (Å²) in [6.07, 6.45) is 0.126. The fourth-order valence-electron chi connectivity index (χ4n) is 4.21. The Kier molecular flexibility index (Phi) is 4.38. The number of piperidine rings is 1. The van der Waals surface area contributed by atoms with Gasteiger partial charge in [-0.05, 0) is 64.3 Å². The summed E-state index contributed by atoms with van der Waals surface area (Å²) in [4.78, 5) is 12.4. The molecule has 3 rings (SSSR count). The van der Waals surface area contributed by atoms with E-state index in [1.807, 2.05) is 0 Å². The van der Waals surface area contributed by atoms with E-state index in [4.69, 9.17) is 0 Å². The van der Waals surface area contributed by atoms with Gasteiger partial charge in [0.05, 0.1) is 0 Å². The molecule has 0 radical (unpaired) electrons. The molecule has 2 aliphatic carbocycles. The normalized spacial score (nSPS) is 37.2. The van der Waals surface area contributed by atoms with Crippen LogP contribution < -0.4 is 10.6 Å². The van der Waals surface area contributed by atoms with E-state index in [0.717, 1.165) is 32.2 Å². The lowest BCUT2D eigenvalue weighted by atomic mass is 9.68. The maximum Gasteiger partial charge on any atom is 0.417 e. The molecule has 1 amide bonds. The van der Waals surface area contributed by atoms with Gasteiger partial charge in [0.1, 0.15) is 0 Å². The monoisotopic (exact) mass is 334 g/mol. The van der Waals surface area contributed by atoms with Gasteiger partial charge in [0.2, 0.25) is 5.91 Å². The summed E-state index contributed by atoms with van der Waals surface area (Å²) >= 11 is 0. The van der Waals surface area contributed by atoms with Crippen LogP contribution in [0.5, 0.6) is 0 Å². The van der Waals surface area contributed by atoms with Crippen LogP contribution in [0.4, 0.5) is 13.2 Å². The van der Waals surface area contributed by atoms with Crippen LogP contribution in [0.1, 0.15) is 57.8 Å². The molecule has 1 spiro atoms. The van der Waals surface area contributed by atoms with Crippen molar-refractivity contribution in [3.63, 3.8) is 0 Å². The minimum Gasteiger partial charge on any atom is -0.380 e. The van der Waals surface area contributed by atoms with Gasteiger partial charge >= 0.3 is 6.18 Å². The van der Waals surface area contributed by atoms with Crippen molar-refractivity contribution in [3.05, 3.63) is 0 Å². The number of hydrogen-bond acceptors (Lipinski definition) is 3. The van der Waals surface area contributed by atoms with E-state index in [1.165, 1.54) is 6.42 Å². The number of alkyl halides is 3. The highest BCUT2D eigenvalue weighted by Crippen LogP contribution is 2.42. The quantitative estimate of drug-likeness (QED) is 0.726. The van der Waals surface area contributed by atoms with Crippen molar-refractivity contribution in [2.75, 3.05) is 6.54 Å². The third-order valence-corrected chi connectivity index (χ3v) is 6.00. The zero-order valence-corrected chi connectivity index (χ0v) is 13.2. The van der Waals surface area contributed by atoms with E-state index in [0.29, 0.717) is 0 Å². The Bertz CT molecular complexity index is 455. The number of nitrogens with one attached hydrogen (secondary N) is 2. The zero-order valence-electron chi connectivity index (χ0n) is 13.2. The Morgan fingerprint density at radius 1 is 1.13 bits per heavy atom. The Morgan fingerprint density at radius 2 is 1.78 bits per heavy atom. The van der Waals surface area contributed by atoms with Gasteiger partial charge in [-0.3, -0.25) is 4.79 Å². The number of rotatable bonds is 2. The van der Waals surface area contributed by atoms with Crippen LogP contribution in [0.3, 0.4) is 0 Å². The summed E-state index contributed by atoms with van der Waals surface area (Å²) in [7, 11) is 0. The average Bonchev–Trinajstić information content (AvgIpc) is 2.47. The Labute approximate surface area is 134 Å². The number of amides is 1. The summed E-state index contributed by atoms with van der Waals surface area (Å²) in [5, 5.41) is 16.1. The summed E-state index contributed by atoms with van der Waals surface area (Å²) in [5.41, 5.74) is -2.46. The number of carbonyl (C=O) groups is 1. The van der Waals surface area contributed by atoms with Gasteiger partial charge in [0, 0.05) is 17.5 Å². The van der Waals surface area contributed by atoms with Crippen molar-refractivity contribution in [1.29, 1.82) is 0 Å². The molecule has 1 aliphatic heterocycles. The van der Waals surface area contributed by atoms with E-state index in [9.17, 15) is 23.1 Å². The molecule has 0 aromatic carbocycles. The first-order valence-electron chi connectivity index (χ1n) is 8.58. The molecule has 7 heteroatoms. The second-order valence-electron chi connectivity index (χ2n) is 7.56. The van der Waals surface area contributed by atoms with E-state index >= 15 is 0 Å². The second kappa shape index (κ2) is 5.92. The van der Waals surface area contributed by atoms with Gasteiger partial charge in [-0.2, -0.15) is 13.2 Å². The third kappa shape index (κ3) is 3.36. The molecule has 0 aromatic rings. The van der Waals surface area contributed by atoms with Crippen LogP contribution in [0.15, 0.2) is 0 Å². The molecular weight excluding hydrogens is 309 g/mol. The van der Waals surface area contributed by atoms with Crippen LogP contribution in [0, 0.1) is 5.92 Å². The highest BCUT2D eigenvalue weighted by atomic mass is 19.4. The standard InChI is InChI=1S/C16H25F3N2O2/c17-16(18,19)15(23)7-2-12(3-8-15)21-13(22)11-4-9-20-14(10-11)5-1-6-14/h11-12,20,23H,1-10H2,(H,21,22). The molecule has 23 heavy (non-hydrogen) atoms. The van der Waals surface area contributed by atoms with E-state index in [2.05, 4.69) is 10.6 Å². The van der Waals surface area contributed by atoms with Gasteiger partial charge in [-0.1, -0.05) is 0 Å². The predicted molar refractivity (Wildman–Crippen MR) is 78.7 cm³/mol. The maximum atomic E-state index is 12.8. The molecule has 3 aliphatic rings. The molecule has 1 heterocycles. The minimum absolute atomic E-state index is 0.0276. The van der Waals surface area contributed by atoms with Gasteiger partial charge in [0.25, 0.3) is 0 Å². The molecule has 0 bridgehead atoms. The molecule has 132 valence electrons. The number of hydrogen-bond donors (Lipinski definition) is 3. The molecular formula is C16H25F3N2O2. The van der Waals surface area contributed by atoms with Crippen molar-refractivity contribution in [1.82, 2.24) is 10.6 Å². The fourth-order valence-corrected chi connectivity index (χ4v) is 4.21. The lowest BCUT2D eigenvalue weighted by Crippen LogP contribution is -2.58. The molecule has 1 unspecified atom stereocenters. The van der Waals surface area contributed by atoms with Crippen LogP contribution in [0.2, 0.25) is 0 Å². The van der Waals surface area contributed by atoms with Crippen LogP contribution in [-0.4, -0.2) is 40.9 Å². The van der Waals surface area contributed by atoms with Crippen molar-refractivity contribution in [3.8, 4) is 0 Å². The number of aliphatic hydroxyl groups is 1. The van der Waals surface area contributed by atoms with E-state index in [1.54, 1.807) is 0 Å². The predicted octanol–water partition coefficient (Wildman–Crippen LogP) is 2.26.